The van der Waals surface area contributed by atoms with Crippen LogP contribution in [0.2, 0.25) is 25.7 Å². The van der Waals surface area contributed by atoms with E-state index in [1.165, 1.54) is 0 Å². The number of hydrogen-bond acceptors (Lipinski definition) is 3. The standard InChI is InChI=1S/C13H26N2O2Si/c1-13(2,16)10-12-6-7-14-15(12)11-17-8-9-18(3,4)5/h6-7,16H,8-11H2,1-5H3. The maximum Gasteiger partial charge on any atom is 0.139 e. The predicted molar refractivity (Wildman–Crippen MR) is 76.3 cm³/mol. The molecule has 0 bridgehead atoms. The van der Waals surface area contributed by atoms with Crippen LogP contribution in [0.1, 0.15) is 19.5 Å². The van der Waals surface area contributed by atoms with Gasteiger partial charge in [0.1, 0.15) is 6.73 Å². The van der Waals surface area contributed by atoms with E-state index < -0.39 is 13.7 Å². The lowest BCUT2D eigenvalue weighted by molar-refractivity contribution is 0.0612. The van der Waals surface area contributed by atoms with Gasteiger partial charge in [0.05, 0.1) is 5.60 Å². The summed E-state index contributed by atoms with van der Waals surface area (Å²) in [6.45, 7) is 11.9. The van der Waals surface area contributed by atoms with Crippen molar-refractivity contribution in [3.05, 3.63) is 18.0 Å². The highest BCUT2D eigenvalue weighted by Crippen LogP contribution is 2.12. The smallest absolute Gasteiger partial charge is 0.139 e. The molecule has 0 saturated heterocycles. The van der Waals surface area contributed by atoms with Crippen molar-refractivity contribution in [3.63, 3.8) is 0 Å². The van der Waals surface area contributed by atoms with E-state index in [0.717, 1.165) is 18.3 Å². The molecule has 0 radical (unpaired) electrons. The number of aliphatic hydroxyl groups is 1. The fourth-order valence-electron chi connectivity index (χ4n) is 1.60. The second kappa shape index (κ2) is 5.99. The van der Waals surface area contributed by atoms with E-state index in [4.69, 9.17) is 4.74 Å². The Bertz CT molecular complexity index is 364. The quantitative estimate of drug-likeness (QED) is 0.612. The molecule has 0 spiro atoms. The molecule has 0 atom stereocenters. The van der Waals surface area contributed by atoms with Crippen molar-refractivity contribution in [1.82, 2.24) is 9.78 Å². The summed E-state index contributed by atoms with van der Waals surface area (Å²) in [4.78, 5) is 0. The first-order chi connectivity index (χ1) is 8.17. The molecular formula is C13H26N2O2Si. The van der Waals surface area contributed by atoms with Gasteiger partial charge >= 0.3 is 0 Å². The monoisotopic (exact) mass is 270 g/mol. The lowest BCUT2D eigenvalue weighted by Gasteiger charge is -2.18. The molecule has 1 rings (SSSR count). The van der Waals surface area contributed by atoms with Gasteiger partial charge in [-0.05, 0) is 26.0 Å². The van der Waals surface area contributed by atoms with Gasteiger partial charge in [0, 0.05) is 33.0 Å². The Balaban J connectivity index is 2.41. The predicted octanol–water partition coefficient (Wildman–Crippen LogP) is 2.51. The van der Waals surface area contributed by atoms with E-state index >= 15 is 0 Å². The first-order valence-electron chi connectivity index (χ1n) is 6.48. The van der Waals surface area contributed by atoms with Crippen LogP contribution in [0.5, 0.6) is 0 Å². The van der Waals surface area contributed by atoms with Crippen LogP contribution in [0.15, 0.2) is 12.3 Å². The summed E-state index contributed by atoms with van der Waals surface area (Å²) in [5, 5.41) is 14.0. The van der Waals surface area contributed by atoms with Gasteiger partial charge in [-0.1, -0.05) is 19.6 Å². The van der Waals surface area contributed by atoms with Crippen LogP contribution in [0, 0.1) is 0 Å². The summed E-state index contributed by atoms with van der Waals surface area (Å²) in [6, 6.07) is 3.09. The van der Waals surface area contributed by atoms with Crippen molar-refractivity contribution >= 4 is 8.07 Å². The van der Waals surface area contributed by atoms with E-state index in [9.17, 15) is 5.11 Å². The van der Waals surface area contributed by atoms with Crippen molar-refractivity contribution in [2.24, 2.45) is 0 Å². The average molecular weight is 270 g/mol. The van der Waals surface area contributed by atoms with E-state index in [1.54, 1.807) is 20.0 Å². The molecule has 5 heteroatoms. The Morgan fingerprint density at radius 1 is 1.39 bits per heavy atom. The molecule has 1 N–H and O–H groups in total. The molecule has 104 valence electrons. The molecular weight excluding hydrogens is 244 g/mol. The molecule has 1 aromatic heterocycles. The molecule has 0 amide bonds. The van der Waals surface area contributed by atoms with Gasteiger partial charge in [-0.25, -0.2) is 4.68 Å². The van der Waals surface area contributed by atoms with Crippen molar-refractivity contribution in [2.45, 2.75) is 58.3 Å². The van der Waals surface area contributed by atoms with Crippen LogP contribution in [0.4, 0.5) is 0 Å². The van der Waals surface area contributed by atoms with Crippen LogP contribution in [-0.2, 0) is 17.9 Å². The molecule has 0 aromatic carbocycles. The van der Waals surface area contributed by atoms with E-state index in [1.807, 2.05) is 10.7 Å². The second-order valence-corrected chi connectivity index (χ2v) is 12.3. The highest BCUT2D eigenvalue weighted by molar-refractivity contribution is 6.76. The zero-order valence-electron chi connectivity index (χ0n) is 12.2. The number of nitrogens with zero attached hydrogens (tertiary/aromatic N) is 2. The van der Waals surface area contributed by atoms with Crippen molar-refractivity contribution in [3.8, 4) is 0 Å². The highest BCUT2D eigenvalue weighted by atomic mass is 28.3. The summed E-state index contributed by atoms with van der Waals surface area (Å²) in [5.41, 5.74) is 0.298. The van der Waals surface area contributed by atoms with Gasteiger partial charge in [0.25, 0.3) is 0 Å². The van der Waals surface area contributed by atoms with E-state index in [2.05, 4.69) is 24.7 Å². The average Bonchev–Trinajstić information content (AvgIpc) is 2.56. The topological polar surface area (TPSA) is 47.3 Å². The van der Waals surface area contributed by atoms with Crippen LogP contribution in [-0.4, -0.2) is 35.2 Å². The van der Waals surface area contributed by atoms with Crippen molar-refractivity contribution in [2.75, 3.05) is 6.61 Å². The molecule has 0 saturated carbocycles. The lowest BCUT2D eigenvalue weighted by Crippen LogP contribution is -2.25. The lowest BCUT2D eigenvalue weighted by atomic mass is 10.0. The number of rotatable bonds is 7. The molecule has 0 aliphatic heterocycles. The summed E-state index contributed by atoms with van der Waals surface area (Å²) in [6.07, 6.45) is 2.34. The Morgan fingerprint density at radius 3 is 2.61 bits per heavy atom. The number of aromatic nitrogens is 2. The Hall–Kier alpha value is -0.653. The minimum Gasteiger partial charge on any atom is -0.390 e. The molecule has 18 heavy (non-hydrogen) atoms. The van der Waals surface area contributed by atoms with Crippen LogP contribution in [0.3, 0.4) is 0 Å². The van der Waals surface area contributed by atoms with Gasteiger partial charge in [0.15, 0.2) is 0 Å². The van der Waals surface area contributed by atoms with Crippen LogP contribution >= 0.6 is 0 Å². The molecule has 4 nitrogen and oxygen atoms in total. The Labute approximate surface area is 111 Å². The fourth-order valence-corrected chi connectivity index (χ4v) is 2.36. The normalized spacial score (nSPS) is 13.0. The van der Waals surface area contributed by atoms with Crippen molar-refractivity contribution in [1.29, 1.82) is 0 Å². The fraction of sp³-hybridized carbons (Fsp3) is 0.769. The Kier molecular flexibility index (Phi) is 5.13. The molecule has 0 aliphatic rings. The maximum absolute atomic E-state index is 9.82. The first-order valence-corrected chi connectivity index (χ1v) is 10.2. The largest absolute Gasteiger partial charge is 0.390 e. The van der Waals surface area contributed by atoms with E-state index in [0.29, 0.717) is 13.2 Å². The minimum atomic E-state index is -1.03. The van der Waals surface area contributed by atoms with Gasteiger partial charge < -0.3 is 9.84 Å². The van der Waals surface area contributed by atoms with Gasteiger partial charge in [-0.15, -0.1) is 0 Å². The third kappa shape index (κ3) is 6.33. The van der Waals surface area contributed by atoms with Crippen LogP contribution in [0.25, 0.3) is 0 Å². The van der Waals surface area contributed by atoms with Gasteiger partial charge in [-0.3, -0.25) is 0 Å². The third-order valence-corrected chi connectivity index (χ3v) is 4.33. The number of hydrogen-bond donors (Lipinski definition) is 1. The summed E-state index contributed by atoms with van der Waals surface area (Å²) in [7, 11) is -1.03. The van der Waals surface area contributed by atoms with E-state index in [-0.39, 0.29) is 0 Å². The summed E-state index contributed by atoms with van der Waals surface area (Å²) in [5.74, 6) is 0. The van der Waals surface area contributed by atoms with Gasteiger partial charge in [-0.2, -0.15) is 5.10 Å². The molecule has 1 aromatic rings. The second-order valence-electron chi connectivity index (χ2n) is 6.66. The maximum atomic E-state index is 9.82. The van der Waals surface area contributed by atoms with Gasteiger partial charge in [0.2, 0.25) is 0 Å². The third-order valence-electron chi connectivity index (χ3n) is 2.63. The summed E-state index contributed by atoms with van der Waals surface area (Å²) >= 11 is 0. The minimum absolute atomic E-state index is 0.475. The molecule has 0 fully saturated rings. The van der Waals surface area contributed by atoms with Crippen LogP contribution < -0.4 is 0 Å². The molecule has 1 heterocycles. The zero-order valence-corrected chi connectivity index (χ0v) is 13.2. The zero-order chi connectivity index (χ0) is 13.8. The Morgan fingerprint density at radius 2 is 2.06 bits per heavy atom. The highest BCUT2D eigenvalue weighted by Gasteiger charge is 2.17. The van der Waals surface area contributed by atoms with Crippen molar-refractivity contribution < 1.29 is 9.84 Å². The molecule has 0 unspecified atom stereocenters. The summed E-state index contributed by atoms with van der Waals surface area (Å²) < 4.78 is 7.48. The number of ether oxygens (including phenoxy) is 1. The first kappa shape index (κ1) is 15.4. The SMILES string of the molecule is CC(C)(O)Cc1ccnn1COCC[Si](C)(C)C. The molecule has 0 aliphatic carbocycles.